The standard InChI is InChI=1S/C15H26N4O/c1-3-19(4-2)9-5-8-16-15(20)12-6-7-13-14(10-12)18-11-17-13/h11-12H,3-10H2,1-2H3,(H,16,20)(H,17,18). The van der Waals surface area contributed by atoms with E-state index in [0.29, 0.717) is 0 Å². The quantitative estimate of drug-likeness (QED) is 0.740. The van der Waals surface area contributed by atoms with E-state index in [2.05, 4.69) is 34.0 Å². The van der Waals surface area contributed by atoms with E-state index in [1.807, 2.05) is 0 Å². The Kier molecular flexibility index (Phi) is 5.59. The highest BCUT2D eigenvalue weighted by molar-refractivity contribution is 5.79. The number of aromatic amines is 1. The van der Waals surface area contributed by atoms with Crippen molar-refractivity contribution in [3.05, 3.63) is 17.7 Å². The summed E-state index contributed by atoms with van der Waals surface area (Å²) in [5.41, 5.74) is 2.27. The first-order chi connectivity index (χ1) is 9.74. The van der Waals surface area contributed by atoms with Crippen molar-refractivity contribution >= 4 is 5.91 Å². The summed E-state index contributed by atoms with van der Waals surface area (Å²) in [6.45, 7) is 8.34. The highest BCUT2D eigenvalue weighted by Crippen LogP contribution is 2.22. The van der Waals surface area contributed by atoms with E-state index >= 15 is 0 Å². The van der Waals surface area contributed by atoms with Crippen molar-refractivity contribution in [2.45, 2.75) is 39.5 Å². The Hall–Kier alpha value is -1.36. The van der Waals surface area contributed by atoms with Crippen LogP contribution in [0.4, 0.5) is 0 Å². The molecule has 0 saturated carbocycles. The lowest BCUT2D eigenvalue weighted by Crippen LogP contribution is -2.36. The van der Waals surface area contributed by atoms with Gasteiger partial charge in [0.2, 0.25) is 5.91 Å². The highest BCUT2D eigenvalue weighted by Gasteiger charge is 2.25. The van der Waals surface area contributed by atoms with Gasteiger partial charge in [0.15, 0.2) is 0 Å². The lowest BCUT2D eigenvalue weighted by molar-refractivity contribution is -0.125. The van der Waals surface area contributed by atoms with Crippen LogP contribution in [-0.4, -0.2) is 47.0 Å². The van der Waals surface area contributed by atoms with Gasteiger partial charge in [0.25, 0.3) is 0 Å². The molecule has 1 aliphatic rings. The number of rotatable bonds is 7. The minimum absolute atomic E-state index is 0.108. The molecule has 0 spiro atoms. The molecule has 1 amide bonds. The van der Waals surface area contributed by atoms with E-state index in [1.54, 1.807) is 6.33 Å². The van der Waals surface area contributed by atoms with E-state index in [-0.39, 0.29) is 11.8 Å². The second-order valence-electron chi connectivity index (χ2n) is 5.44. The Balaban J connectivity index is 1.68. The summed E-state index contributed by atoms with van der Waals surface area (Å²) in [6, 6.07) is 0. The van der Waals surface area contributed by atoms with Crippen molar-refractivity contribution in [2.24, 2.45) is 5.92 Å². The van der Waals surface area contributed by atoms with Crippen LogP contribution in [0, 0.1) is 5.92 Å². The molecular formula is C15H26N4O. The number of aromatic nitrogens is 2. The van der Waals surface area contributed by atoms with Crippen LogP contribution >= 0.6 is 0 Å². The van der Waals surface area contributed by atoms with E-state index in [1.165, 1.54) is 0 Å². The van der Waals surface area contributed by atoms with Gasteiger partial charge in [-0.25, -0.2) is 4.98 Å². The minimum atomic E-state index is 0.108. The monoisotopic (exact) mass is 278 g/mol. The first kappa shape index (κ1) is 15.0. The average molecular weight is 278 g/mol. The van der Waals surface area contributed by atoms with Crippen molar-refractivity contribution in [3.8, 4) is 0 Å². The maximum absolute atomic E-state index is 12.2. The SMILES string of the molecule is CCN(CC)CCCNC(=O)C1CCc2nc[nH]c2C1. The zero-order chi connectivity index (χ0) is 14.4. The Morgan fingerprint density at radius 1 is 1.50 bits per heavy atom. The number of carbonyl (C=O) groups is 1. The van der Waals surface area contributed by atoms with Crippen LogP contribution < -0.4 is 5.32 Å². The molecule has 112 valence electrons. The molecule has 0 bridgehead atoms. The molecule has 2 rings (SSSR count). The molecule has 1 aromatic heterocycles. The maximum Gasteiger partial charge on any atom is 0.223 e. The first-order valence-electron chi connectivity index (χ1n) is 7.75. The normalized spacial score (nSPS) is 18.1. The number of H-pyrrole nitrogens is 1. The van der Waals surface area contributed by atoms with Gasteiger partial charge in [0.05, 0.1) is 12.0 Å². The fourth-order valence-corrected chi connectivity index (χ4v) is 2.82. The third kappa shape index (κ3) is 3.82. The number of hydrogen-bond acceptors (Lipinski definition) is 3. The second-order valence-corrected chi connectivity index (χ2v) is 5.44. The number of carbonyl (C=O) groups excluding carboxylic acids is 1. The fraction of sp³-hybridized carbons (Fsp3) is 0.733. The van der Waals surface area contributed by atoms with Crippen LogP contribution in [0.1, 0.15) is 38.1 Å². The zero-order valence-electron chi connectivity index (χ0n) is 12.6. The van der Waals surface area contributed by atoms with Gasteiger partial charge >= 0.3 is 0 Å². The van der Waals surface area contributed by atoms with Crippen molar-refractivity contribution in [2.75, 3.05) is 26.2 Å². The van der Waals surface area contributed by atoms with Gasteiger partial charge < -0.3 is 15.2 Å². The van der Waals surface area contributed by atoms with Crippen LogP contribution in [0.5, 0.6) is 0 Å². The Bertz CT molecular complexity index is 425. The first-order valence-corrected chi connectivity index (χ1v) is 7.75. The van der Waals surface area contributed by atoms with Gasteiger partial charge in [0.1, 0.15) is 0 Å². The number of amides is 1. The third-order valence-electron chi connectivity index (χ3n) is 4.20. The predicted molar refractivity (Wildman–Crippen MR) is 79.5 cm³/mol. The summed E-state index contributed by atoms with van der Waals surface area (Å²) in [6.07, 6.45) is 5.39. The molecule has 1 unspecified atom stereocenters. The summed E-state index contributed by atoms with van der Waals surface area (Å²) < 4.78 is 0. The van der Waals surface area contributed by atoms with Crippen molar-refractivity contribution in [1.29, 1.82) is 0 Å². The Labute approximate surface area is 121 Å². The third-order valence-corrected chi connectivity index (χ3v) is 4.20. The lowest BCUT2D eigenvalue weighted by Gasteiger charge is -2.21. The molecule has 1 aliphatic carbocycles. The van der Waals surface area contributed by atoms with E-state index < -0.39 is 0 Å². The number of imidazole rings is 1. The van der Waals surface area contributed by atoms with Crippen LogP contribution in [0.25, 0.3) is 0 Å². The molecule has 0 radical (unpaired) electrons. The van der Waals surface area contributed by atoms with Crippen molar-refractivity contribution in [1.82, 2.24) is 20.2 Å². The largest absolute Gasteiger partial charge is 0.356 e. The predicted octanol–water partition coefficient (Wildman–Crippen LogP) is 1.36. The van der Waals surface area contributed by atoms with Gasteiger partial charge in [0, 0.05) is 24.6 Å². The van der Waals surface area contributed by atoms with Crippen LogP contribution in [0.2, 0.25) is 0 Å². The lowest BCUT2D eigenvalue weighted by atomic mass is 9.89. The van der Waals surface area contributed by atoms with Crippen LogP contribution in [0.15, 0.2) is 6.33 Å². The second kappa shape index (κ2) is 7.43. The molecule has 2 N–H and O–H groups in total. The molecule has 0 aliphatic heterocycles. The molecular weight excluding hydrogens is 252 g/mol. The van der Waals surface area contributed by atoms with E-state index in [9.17, 15) is 4.79 Å². The molecule has 1 atom stereocenters. The van der Waals surface area contributed by atoms with Gasteiger partial charge in [-0.05, 0) is 38.9 Å². The van der Waals surface area contributed by atoms with Gasteiger partial charge in [-0.3, -0.25) is 4.79 Å². The summed E-state index contributed by atoms with van der Waals surface area (Å²) in [7, 11) is 0. The number of aryl methyl sites for hydroxylation is 1. The molecule has 5 nitrogen and oxygen atoms in total. The molecule has 1 aromatic rings. The molecule has 5 heteroatoms. The number of nitrogens with one attached hydrogen (secondary N) is 2. The van der Waals surface area contributed by atoms with Crippen molar-refractivity contribution < 1.29 is 4.79 Å². The fourth-order valence-electron chi connectivity index (χ4n) is 2.82. The molecule has 0 aromatic carbocycles. The van der Waals surface area contributed by atoms with Crippen LogP contribution in [-0.2, 0) is 17.6 Å². The van der Waals surface area contributed by atoms with Crippen molar-refractivity contribution in [3.63, 3.8) is 0 Å². The summed E-state index contributed by atoms with van der Waals surface area (Å²) in [4.78, 5) is 21.9. The smallest absolute Gasteiger partial charge is 0.223 e. The van der Waals surface area contributed by atoms with Gasteiger partial charge in [-0.15, -0.1) is 0 Å². The highest BCUT2D eigenvalue weighted by atomic mass is 16.1. The molecule has 1 heterocycles. The molecule has 0 fully saturated rings. The minimum Gasteiger partial charge on any atom is -0.356 e. The zero-order valence-corrected chi connectivity index (χ0v) is 12.6. The average Bonchev–Trinajstić information content (AvgIpc) is 2.94. The summed E-state index contributed by atoms with van der Waals surface area (Å²) >= 11 is 0. The molecule has 0 saturated heterocycles. The number of nitrogens with zero attached hydrogens (tertiary/aromatic N) is 2. The molecule has 20 heavy (non-hydrogen) atoms. The number of fused-ring (bicyclic) bond motifs is 1. The summed E-state index contributed by atoms with van der Waals surface area (Å²) in [5.74, 6) is 0.307. The maximum atomic E-state index is 12.2. The van der Waals surface area contributed by atoms with Crippen LogP contribution in [0.3, 0.4) is 0 Å². The Morgan fingerprint density at radius 3 is 3.05 bits per heavy atom. The van der Waals surface area contributed by atoms with Gasteiger partial charge in [-0.2, -0.15) is 0 Å². The summed E-state index contributed by atoms with van der Waals surface area (Å²) in [5, 5.41) is 3.08. The topological polar surface area (TPSA) is 61.0 Å². The van der Waals surface area contributed by atoms with E-state index in [4.69, 9.17) is 0 Å². The number of hydrogen-bond donors (Lipinski definition) is 2. The Morgan fingerprint density at radius 2 is 2.30 bits per heavy atom. The van der Waals surface area contributed by atoms with E-state index in [0.717, 1.165) is 63.3 Å². The van der Waals surface area contributed by atoms with Gasteiger partial charge in [-0.1, -0.05) is 13.8 Å².